The SMILES string of the molecule is CC(C)(C)[Si]OC(C)(C)c1ccc(N)c(Cl)c1. The van der Waals surface area contributed by atoms with Gasteiger partial charge in [0.2, 0.25) is 9.76 Å². The van der Waals surface area contributed by atoms with Crippen molar-refractivity contribution in [3.63, 3.8) is 0 Å². The highest BCUT2D eigenvalue weighted by molar-refractivity contribution is 6.33. The summed E-state index contributed by atoms with van der Waals surface area (Å²) in [6.07, 6.45) is 0. The molecule has 94 valence electrons. The van der Waals surface area contributed by atoms with Gasteiger partial charge < -0.3 is 10.2 Å². The largest absolute Gasteiger partial charge is 0.408 e. The van der Waals surface area contributed by atoms with Crippen LogP contribution >= 0.6 is 11.6 Å². The summed E-state index contributed by atoms with van der Waals surface area (Å²) in [7, 11) is 0.438. The van der Waals surface area contributed by atoms with Crippen LogP contribution in [-0.4, -0.2) is 9.76 Å². The molecule has 4 heteroatoms. The number of hydrogen-bond acceptors (Lipinski definition) is 2. The van der Waals surface area contributed by atoms with E-state index < -0.39 is 0 Å². The molecule has 1 aromatic carbocycles. The lowest BCUT2D eigenvalue weighted by Gasteiger charge is -2.30. The van der Waals surface area contributed by atoms with Gasteiger partial charge in [0.25, 0.3) is 0 Å². The summed E-state index contributed by atoms with van der Waals surface area (Å²) >= 11 is 6.03. The van der Waals surface area contributed by atoms with Crippen molar-refractivity contribution in [3.8, 4) is 0 Å². The number of hydrogen-bond donors (Lipinski definition) is 1. The second kappa shape index (κ2) is 5.00. The van der Waals surface area contributed by atoms with Gasteiger partial charge in [-0.1, -0.05) is 38.4 Å². The van der Waals surface area contributed by atoms with Crippen LogP contribution in [0.5, 0.6) is 0 Å². The third-order valence-electron chi connectivity index (χ3n) is 2.31. The lowest BCUT2D eigenvalue weighted by atomic mass is 9.98. The second-order valence-corrected chi connectivity index (χ2v) is 8.02. The quantitative estimate of drug-likeness (QED) is 0.665. The lowest BCUT2D eigenvalue weighted by molar-refractivity contribution is 0.109. The predicted octanol–water partition coefficient (Wildman–Crippen LogP) is 4.01. The Morgan fingerprint density at radius 1 is 1.18 bits per heavy atom. The Kier molecular flexibility index (Phi) is 4.28. The zero-order valence-electron chi connectivity index (χ0n) is 11.1. The molecule has 0 saturated heterocycles. The molecule has 2 radical (unpaired) electrons. The summed E-state index contributed by atoms with van der Waals surface area (Å²) in [5, 5.41) is 0.757. The molecule has 1 aromatic rings. The van der Waals surface area contributed by atoms with Crippen molar-refractivity contribution in [2.45, 2.75) is 45.3 Å². The first-order valence-corrected chi connectivity index (χ1v) is 6.91. The molecule has 1 rings (SSSR count). The molecular formula is C13H20ClNOSi. The normalized spacial score (nSPS) is 12.8. The molecule has 0 unspecified atom stereocenters. The van der Waals surface area contributed by atoms with Crippen molar-refractivity contribution < 1.29 is 4.43 Å². The molecular weight excluding hydrogens is 250 g/mol. The van der Waals surface area contributed by atoms with Crippen molar-refractivity contribution in [2.75, 3.05) is 5.73 Å². The van der Waals surface area contributed by atoms with E-state index in [2.05, 4.69) is 20.8 Å². The van der Waals surface area contributed by atoms with Crippen molar-refractivity contribution in [2.24, 2.45) is 0 Å². The Labute approximate surface area is 111 Å². The fraction of sp³-hybridized carbons (Fsp3) is 0.538. The van der Waals surface area contributed by atoms with Crippen LogP contribution in [0.2, 0.25) is 10.1 Å². The summed E-state index contributed by atoms with van der Waals surface area (Å²) in [4.78, 5) is 0. The van der Waals surface area contributed by atoms with Gasteiger partial charge >= 0.3 is 0 Å². The first-order chi connectivity index (χ1) is 7.62. The lowest BCUT2D eigenvalue weighted by Crippen LogP contribution is -2.27. The van der Waals surface area contributed by atoms with Crippen LogP contribution in [0.4, 0.5) is 5.69 Å². The Bertz CT molecular complexity index is 399. The molecule has 0 atom stereocenters. The number of rotatable bonds is 3. The van der Waals surface area contributed by atoms with Crippen LogP contribution in [0.3, 0.4) is 0 Å². The van der Waals surface area contributed by atoms with E-state index in [1.807, 2.05) is 32.0 Å². The molecule has 2 nitrogen and oxygen atoms in total. The molecule has 0 aliphatic carbocycles. The number of benzene rings is 1. The highest BCUT2D eigenvalue weighted by Gasteiger charge is 2.25. The third kappa shape index (κ3) is 4.34. The van der Waals surface area contributed by atoms with Gasteiger partial charge in [-0.3, -0.25) is 0 Å². The van der Waals surface area contributed by atoms with Crippen LogP contribution in [0.25, 0.3) is 0 Å². The average molecular weight is 270 g/mol. The van der Waals surface area contributed by atoms with Gasteiger partial charge in [-0.25, -0.2) is 0 Å². The first kappa shape index (κ1) is 14.5. The molecule has 0 heterocycles. The van der Waals surface area contributed by atoms with E-state index in [0.29, 0.717) is 20.5 Å². The topological polar surface area (TPSA) is 35.2 Å². The Balaban J connectivity index is 2.85. The smallest absolute Gasteiger partial charge is 0.236 e. The molecule has 0 spiro atoms. The van der Waals surface area contributed by atoms with Crippen molar-refractivity contribution in [3.05, 3.63) is 28.8 Å². The molecule has 0 aliphatic rings. The summed E-state index contributed by atoms with van der Waals surface area (Å²) in [5.41, 5.74) is 7.01. The van der Waals surface area contributed by atoms with E-state index in [0.717, 1.165) is 5.56 Å². The molecule has 17 heavy (non-hydrogen) atoms. The molecule has 0 amide bonds. The minimum atomic E-state index is -0.344. The van der Waals surface area contributed by atoms with Gasteiger partial charge in [0.15, 0.2) is 0 Å². The van der Waals surface area contributed by atoms with Crippen molar-refractivity contribution >= 4 is 27.1 Å². The maximum absolute atomic E-state index is 6.03. The maximum atomic E-state index is 6.03. The Morgan fingerprint density at radius 3 is 2.24 bits per heavy atom. The number of nitrogens with two attached hydrogens (primary N) is 1. The fourth-order valence-electron chi connectivity index (χ4n) is 1.24. The van der Waals surface area contributed by atoms with Gasteiger partial charge in [0, 0.05) is 0 Å². The second-order valence-electron chi connectivity index (χ2n) is 5.70. The minimum absolute atomic E-state index is 0.175. The molecule has 0 aliphatic heterocycles. The Hall–Kier alpha value is -0.513. The Morgan fingerprint density at radius 2 is 1.76 bits per heavy atom. The monoisotopic (exact) mass is 269 g/mol. The van der Waals surface area contributed by atoms with Crippen LogP contribution in [0, 0.1) is 0 Å². The predicted molar refractivity (Wildman–Crippen MR) is 75.4 cm³/mol. The van der Waals surface area contributed by atoms with Crippen LogP contribution in [0.1, 0.15) is 40.2 Å². The molecule has 0 fully saturated rings. The van der Waals surface area contributed by atoms with E-state index in [1.54, 1.807) is 0 Å². The third-order valence-corrected chi connectivity index (χ3v) is 3.86. The highest BCUT2D eigenvalue weighted by Crippen LogP contribution is 2.32. The number of anilines is 1. The number of nitrogen functional groups attached to an aromatic ring is 1. The van der Waals surface area contributed by atoms with Crippen LogP contribution in [0.15, 0.2) is 18.2 Å². The summed E-state index contributed by atoms with van der Waals surface area (Å²) in [6, 6.07) is 5.67. The van der Waals surface area contributed by atoms with Crippen LogP contribution in [-0.2, 0) is 10.0 Å². The zero-order valence-corrected chi connectivity index (χ0v) is 12.9. The van der Waals surface area contributed by atoms with Gasteiger partial charge in [-0.2, -0.15) is 0 Å². The molecule has 0 aromatic heterocycles. The van der Waals surface area contributed by atoms with E-state index in [1.165, 1.54) is 0 Å². The standard InChI is InChI=1S/C13H20ClNOSi/c1-12(2,3)17-16-13(4,5)9-6-7-11(15)10(14)8-9/h6-8H,15H2,1-5H3. The summed E-state index contributed by atoms with van der Waals surface area (Å²) < 4.78 is 6.00. The molecule has 0 saturated carbocycles. The van der Waals surface area contributed by atoms with Gasteiger partial charge in [0.05, 0.1) is 16.3 Å². The number of halogens is 1. The van der Waals surface area contributed by atoms with Crippen molar-refractivity contribution in [1.82, 2.24) is 0 Å². The average Bonchev–Trinajstić information content (AvgIpc) is 2.18. The van der Waals surface area contributed by atoms with E-state index >= 15 is 0 Å². The first-order valence-electron chi connectivity index (χ1n) is 5.62. The van der Waals surface area contributed by atoms with Gasteiger partial charge in [-0.15, -0.1) is 0 Å². The molecule has 2 N–H and O–H groups in total. The van der Waals surface area contributed by atoms with Gasteiger partial charge in [-0.05, 0) is 36.6 Å². The maximum Gasteiger partial charge on any atom is 0.236 e. The van der Waals surface area contributed by atoms with E-state index in [9.17, 15) is 0 Å². The zero-order chi connectivity index (χ0) is 13.3. The fourth-order valence-corrected chi connectivity index (χ4v) is 2.10. The minimum Gasteiger partial charge on any atom is -0.408 e. The van der Waals surface area contributed by atoms with E-state index in [-0.39, 0.29) is 10.6 Å². The van der Waals surface area contributed by atoms with E-state index in [4.69, 9.17) is 21.8 Å². The summed E-state index contributed by atoms with van der Waals surface area (Å²) in [5.74, 6) is 0. The molecule has 0 bridgehead atoms. The summed E-state index contributed by atoms with van der Waals surface area (Å²) in [6.45, 7) is 10.6. The highest BCUT2D eigenvalue weighted by atomic mass is 35.5. The van der Waals surface area contributed by atoms with Crippen LogP contribution < -0.4 is 5.73 Å². The van der Waals surface area contributed by atoms with Gasteiger partial charge in [0.1, 0.15) is 0 Å². The van der Waals surface area contributed by atoms with Crippen molar-refractivity contribution in [1.29, 1.82) is 0 Å².